The second kappa shape index (κ2) is 5.53. The molecule has 20 heavy (non-hydrogen) atoms. The molecule has 1 aliphatic rings. The van der Waals surface area contributed by atoms with E-state index in [0.29, 0.717) is 0 Å². The number of aryl methyl sites for hydroxylation is 3. The molecule has 1 aromatic rings. The molecule has 0 atom stereocenters. The fraction of sp³-hybridized carbons (Fsp3) is 0.467. The summed E-state index contributed by atoms with van der Waals surface area (Å²) in [4.78, 5) is 24.1. The van der Waals surface area contributed by atoms with Gasteiger partial charge in [-0.3, -0.25) is 9.59 Å². The number of carboxylic acids is 1. The van der Waals surface area contributed by atoms with Gasteiger partial charge in [-0.05, 0) is 31.9 Å². The van der Waals surface area contributed by atoms with E-state index in [-0.39, 0.29) is 25.6 Å². The maximum absolute atomic E-state index is 11.9. The van der Waals surface area contributed by atoms with Crippen LogP contribution in [0.5, 0.6) is 5.75 Å². The first-order valence-corrected chi connectivity index (χ1v) is 6.59. The summed E-state index contributed by atoms with van der Waals surface area (Å²) >= 11 is 0. The Kier molecular flexibility index (Phi) is 3.97. The Hall–Kier alpha value is -2.04. The number of hydrogen-bond acceptors (Lipinski definition) is 3. The summed E-state index contributed by atoms with van der Waals surface area (Å²) in [5.74, 6) is -0.705. The van der Waals surface area contributed by atoms with Gasteiger partial charge in [-0.2, -0.15) is 0 Å². The van der Waals surface area contributed by atoms with E-state index >= 15 is 0 Å². The molecule has 1 amide bonds. The highest BCUT2D eigenvalue weighted by Gasteiger charge is 2.35. The Morgan fingerprint density at radius 1 is 1.25 bits per heavy atom. The molecule has 0 bridgehead atoms. The van der Waals surface area contributed by atoms with Gasteiger partial charge < -0.3 is 14.7 Å². The van der Waals surface area contributed by atoms with Gasteiger partial charge in [0.15, 0.2) is 6.61 Å². The van der Waals surface area contributed by atoms with Crippen molar-refractivity contribution in [1.82, 2.24) is 4.90 Å². The topological polar surface area (TPSA) is 66.8 Å². The number of likely N-dealkylation sites (tertiary alicyclic amines) is 1. The Balaban J connectivity index is 1.90. The van der Waals surface area contributed by atoms with Crippen LogP contribution in [0.4, 0.5) is 0 Å². The van der Waals surface area contributed by atoms with Gasteiger partial charge in [-0.25, -0.2) is 0 Å². The number of aliphatic carboxylic acids is 1. The summed E-state index contributed by atoms with van der Waals surface area (Å²) < 4.78 is 5.60. The van der Waals surface area contributed by atoms with Gasteiger partial charge in [-0.1, -0.05) is 17.7 Å². The summed E-state index contributed by atoms with van der Waals surface area (Å²) in [7, 11) is 0. The Bertz CT molecular complexity index is 524. The molecule has 0 radical (unpaired) electrons. The van der Waals surface area contributed by atoms with E-state index in [1.807, 2.05) is 32.9 Å². The Labute approximate surface area is 118 Å². The fourth-order valence-electron chi connectivity index (χ4n) is 2.46. The summed E-state index contributed by atoms with van der Waals surface area (Å²) in [6.07, 6.45) is 0. The number of rotatable bonds is 4. The monoisotopic (exact) mass is 277 g/mol. The van der Waals surface area contributed by atoms with E-state index in [1.165, 1.54) is 4.90 Å². The van der Waals surface area contributed by atoms with Crippen LogP contribution in [-0.2, 0) is 9.59 Å². The predicted molar refractivity (Wildman–Crippen MR) is 73.9 cm³/mol. The molecule has 0 unspecified atom stereocenters. The number of nitrogens with zero attached hydrogens (tertiary/aromatic N) is 1. The minimum atomic E-state index is -0.847. The molecular weight excluding hydrogens is 258 g/mol. The quantitative estimate of drug-likeness (QED) is 0.906. The lowest BCUT2D eigenvalue weighted by Crippen LogP contribution is -2.54. The zero-order chi connectivity index (χ0) is 14.9. The maximum Gasteiger partial charge on any atom is 0.310 e. The number of ether oxygens (including phenoxy) is 1. The first kappa shape index (κ1) is 14.4. The number of hydrogen-bond donors (Lipinski definition) is 1. The zero-order valence-corrected chi connectivity index (χ0v) is 12.0. The normalized spacial score (nSPS) is 14.8. The van der Waals surface area contributed by atoms with Gasteiger partial charge in [0.2, 0.25) is 0 Å². The summed E-state index contributed by atoms with van der Waals surface area (Å²) in [6.45, 7) is 6.43. The lowest BCUT2D eigenvalue weighted by Gasteiger charge is -2.36. The average Bonchev–Trinajstić information content (AvgIpc) is 2.24. The number of carbonyl (C=O) groups is 2. The molecule has 0 spiro atoms. The molecule has 1 saturated heterocycles. The summed E-state index contributed by atoms with van der Waals surface area (Å²) in [5.41, 5.74) is 3.16. The van der Waals surface area contributed by atoms with Crippen molar-refractivity contribution in [3.8, 4) is 5.75 Å². The Morgan fingerprint density at radius 2 is 1.80 bits per heavy atom. The van der Waals surface area contributed by atoms with Crippen molar-refractivity contribution < 1.29 is 19.4 Å². The second-order valence-corrected chi connectivity index (χ2v) is 5.35. The van der Waals surface area contributed by atoms with E-state index in [2.05, 4.69) is 0 Å². The van der Waals surface area contributed by atoms with E-state index in [4.69, 9.17) is 9.84 Å². The van der Waals surface area contributed by atoms with Gasteiger partial charge in [0.1, 0.15) is 5.75 Å². The van der Waals surface area contributed by atoms with Crippen molar-refractivity contribution >= 4 is 11.9 Å². The van der Waals surface area contributed by atoms with Gasteiger partial charge in [0.25, 0.3) is 5.91 Å². The molecule has 1 fully saturated rings. The number of carboxylic acid groups (broad SMARTS) is 1. The van der Waals surface area contributed by atoms with E-state index in [1.54, 1.807) is 0 Å². The van der Waals surface area contributed by atoms with Crippen LogP contribution in [0.3, 0.4) is 0 Å². The van der Waals surface area contributed by atoms with Crippen molar-refractivity contribution in [2.45, 2.75) is 20.8 Å². The molecule has 108 valence electrons. The van der Waals surface area contributed by atoms with Crippen molar-refractivity contribution in [3.05, 3.63) is 28.8 Å². The van der Waals surface area contributed by atoms with Gasteiger partial charge in [0.05, 0.1) is 5.92 Å². The maximum atomic E-state index is 11.9. The van der Waals surface area contributed by atoms with Crippen LogP contribution in [0.25, 0.3) is 0 Å². The molecule has 0 aromatic heterocycles. The van der Waals surface area contributed by atoms with Crippen LogP contribution in [0.15, 0.2) is 12.1 Å². The Morgan fingerprint density at radius 3 is 2.30 bits per heavy atom. The van der Waals surface area contributed by atoms with E-state index in [0.717, 1.165) is 22.4 Å². The van der Waals surface area contributed by atoms with Gasteiger partial charge in [0, 0.05) is 13.1 Å². The number of amides is 1. The smallest absolute Gasteiger partial charge is 0.310 e. The van der Waals surface area contributed by atoms with Crippen LogP contribution >= 0.6 is 0 Å². The molecule has 0 saturated carbocycles. The van der Waals surface area contributed by atoms with Crippen LogP contribution in [0.1, 0.15) is 16.7 Å². The average molecular weight is 277 g/mol. The van der Waals surface area contributed by atoms with Crippen LogP contribution in [-0.4, -0.2) is 41.6 Å². The van der Waals surface area contributed by atoms with E-state index < -0.39 is 11.9 Å². The highest BCUT2D eigenvalue weighted by atomic mass is 16.5. The molecular formula is C15H19NO4. The SMILES string of the molecule is Cc1cc(C)c(OCC(=O)N2CC(C(=O)O)C2)c(C)c1. The molecule has 1 N–H and O–H groups in total. The first-order valence-electron chi connectivity index (χ1n) is 6.59. The van der Waals surface area contributed by atoms with Crippen molar-refractivity contribution in [3.63, 3.8) is 0 Å². The number of carbonyl (C=O) groups excluding carboxylic acids is 1. The molecule has 5 heteroatoms. The zero-order valence-electron chi connectivity index (χ0n) is 12.0. The summed E-state index contributed by atoms with van der Waals surface area (Å²) in [6, 6.07) is 4.02. The molecule has 1 aromatic carbocycles. The first-order chi connectivity index (χ1) is 9.38. The van der Waals surface area contributed by atoms with E-state index in [9.17, 15) is 9.59 Å². The molecule has 2 rings (SSSR count). The minimum Gasteiger partial charge on any atom is -0.483 e. The van der Waals surface area contributed by atoms with Crippen LogP contribution < -0.4 is 4.74 Å². The van der Waals surface area contributed by atoms with Crippen LogP contribution in [0.2, 0.25) is 0 Å². The highest BCUT2D eigenvalue weighted by Crippen LogP contribution is 2.25. The lowest BCUT2D eigenvalue weighted by molar-refractivity contribution is -0.153. The van der Waals surface area contributed by atoms with Gasteiger partial charge in [-0.15, -0.1) is 0 Å². The van der Waals surface area contributed by atoms with Crippen molar-refractivity contribution in [2.24, 2.45) is 5.92 Å². The highest BCUT2D eigenvalue weighted by molar-refractivity contribution is 5.82. The van der Waals surface area contributed by atoms with Crippen molar-refractivity contribution in [1.29, 1.82) is 0 Å². The standard InChI is InChI=1S/C15H19NO4/c1-9-4-10(2)14(11(3)5-9)20-8-13(17)16-6-12(7-16)15(18)19/h4-5,12H,6-8H2,1-3H3,(H,18,19). The van der Waals surface area contributed by atoms with Crippen molar-refractivity contribution in [2.75, 3.05) is 19.7 Å². The van der Waals surface area contributed by atoms with Gasteiger partial charge >= 0.3 is 5.97 Å². The third-order valence-corrected chi connectivity index (χ3v) is 3.53. The second-order valence-electron chi connectivity index (χ2n) is 5.35. The largest absolute Gasteiger partial charge is 0.483 e. The number of benzene rings is 1. The third kappa shape index (κ3) is 2.92. The molecule has 5 nitrogen and oxygen atoms in total. The fourth-order valence-corrected chi connectivity index (χ4v) is 2.46. The lowest BCUT2D eigenvalue weighted by atomic mass is 10.0. The molecule has 0 aliphatic carbocycles. The molecule has 1 heterocycles. The summed E-state index contributed by atoms with van der Waals surface area (Å²) in [5, 5.41) is 8.77. The third-order valence-electron chi connectivity index (χ3n) is 3.53. The van der Waals surface area contributed by atoms with Crippen LogP contribution in [0, 0.1) is 26.7 Å². The molecule has 1 aliphatic heterocycles. The predicted octanol–water partition coefficient (Wildman–Crippen LogP) is 1.53. The minimum absolute atomic E-state index is 0.0446.